The molecule has 0 atom stereocenters. The Morgan fingerprint density at radius 3 is 2.62 bits per heavy atom. The van der Waals surface area contributed by atoms with Crippen LogP contribution >= 0.6 is 0 Å². The van der Waals surface area contributed by atoms with E-state index in [9.17, 15) is 13.2 Å². The van der Waals surface area contributed by atoms with Crippen LogP contribution in [0.25, 0.3) is 0 Å². The van der Waals surface area contributed by atoms with Crippen LogP contribution in [0.1, 0.15) is 0 Å². The molecule has 8 heteroatoms. The minimum atomic E-state index is -3.32. The van der Waals surface area contributed by atoms with E-state index in [0.29, 0.717) is 17.9 Å². The number of nitrogens with zero attached hydrogens (tertiary/aromatic N) is 1. The number of amides is 1. The lowest BCUT2D eigenvalue weighted by Gasteiger charge is -2.26. The summed E-state index contributed by atoms with van der Waals surface area (Å²) in [6.07, 6.45) is 1.09. The molecule has 1 aliphatic heterocycles. The van der Waals surface area contributed by atoms with Gasteiger partial charge in [0.2, 0.25) is 15.9 Å². The van der Waals surface area contributed by atoms with Gasteiger partial charge in [-0.1, -0.05) is 6.07 Å². The SMILES string of the molecule is CS(=O)(=O)Nc1cccc(NC(=O)CN2CCNCC2)c1. The number of anilines is 2. The number of hydrogen-bond acceptors (Lipinski definition) is 5. The van der Waals surface area contributed by atoms with Gasteiger partial charge in [-0.3, -0.25) is 14.4 Å². The molecular weight excluding hydrogens is 292 g/mol. The molecule has 116 valence electrons. The van der Waals surface area contributed by atoms with Crippen molar-refractivity contribution in [3.8, 4) is 0 Å². The molecule has 1 heterocycles. The molecule has 1 amide bonds. The lowest BCUT2D eigenvalue weighted by molar-refractivity contribution is -0.117. The summed E-state index contributed by atoms with van der Waals surface area (Å²) in [6, 6.07) is 6.64. The van der Waals surface area contributed by atoms with E-state index in [1.807, 2.05) is 0 Å². The Bertz CT molecular complexity index is 597. The first-order valence-electron chi connectivity index (χ1n) is 6.73. The van der Waals surface area contributed by atoms with E-state index in [0.717, 1.165) is 32.4 Å². The molecule has 0 unspecified atom stereocenters. The van der Waals surface area contributed by atoms with Crippen LogP contribution < -0.4 is 15.4 Å². The minimum absolute atomic E-state index is 0.103. The molecule has 3 N–H and O–H groups in total. The van der Waals surface area contributed by atoms with Crippen molar-refractivity contribution in [1.82, 2.24) is 10.2 Å². The van der Waals surface area contributed by atoms with Crippen molar-refractivity contribution in [2.75, 3.05) is 49.0 Å². The molecule has 1 aromatic rings. The number of nitrogens with one attached hydrogen (secondary N) is 3. The predicted octanol–water partition coefficient (Wildman–Crippen LogP) is -0.0982. The number of piperazine rings is 1. The number of carbonyl (C=O) groups excluding carboxylic acids is 1. The third-order valence-corrected chi connectivity index (χ3v) is 3.63. The molecule has 1 aliphatic rings. The van der Waals surface area contributed by atoms with Crippen LogP contribution in [0.15, 0.2) is 24.3 Å². The van der Waals surface area contributed by atoms with Gasteiger partial charge in [-0.25, -0.2) is 8.42 Å². The average molecular weight is 312 g/mol. The first-order chi connectivity index (χ1) is 9.92. The number of carbonyl (C=O) groups is 1. The fourth-order valence-electron chi connectivity index (χ4n) is 2.15. The maximum Gasteiger partial charge on any atom is 0.238 e. The summed E-state index contributed by atoms with van der Waals surface area (Å²) < 4.78 is 24.7. The summed E-state index contributed by atoms with van der Waals surface area (Å²) in [5.41, 5.74) is 1.00. The van der Waals surface area contributed by atoms with Crippen molar-refractivity contribution >= 4 is 27.3 Å². The van der Waals surface area contributed by atoms with Gasteiger partial charge in [-0.15, -0.1) is 0 Å². The summed E-state index contributed by atoms with van der Waals surface area (Å²) in [7, 11) is -3.32. The van der Waals surface area contributed by atoms with Crippen LogP contribution in [0.3, 0.4) is 0 Å². The third-order valence-electron chi connectivity index (χ3n) is 3.03. The van der Waals surface area contributed by atoms with Crippen LogP contribution in [0.5, 0.6) is 0 Å². The van der Waals surface area contributed by atoms with Crippen molar-refractivity contribution < 1.29 is 13.2 Å². The van der Waals surface area contributed by atoms with Gasteiger partial charge >= 0.3 is 0 Å². The van der Waals surface area contributed by atoms with Gasteiger partial charge in [-0.05, 0) is 18.2 Å². The van der Waals surface area contributed by atoms with E-state index >= 15 is 0 Å². The largest absolute Gasteiger partial charge is 0.325 e. The highest BCUT2D eigenvalue weighted by atomic mass is 32.2. The van der Waals surface area contributed by atoms with Gasteiger partial charge in [0, 0.05) is 31.9 Å². The topological polar surface area (TPSA) is 90.5 Å². The van der Waals surface area contributed by atoms with Gasteiger partial charge < -0.3 is 10.6 Å². The summed E-state index contributed by atoms with van der Waals surface area (Å²) in [5.74, 6) is -0.103. The monoisotopic (exact) mass is 312 g/mol. The maximum absolute atomic E-state index is 12.0. The van der Waals surface area contributed by atoms with Crippen molar-refractivity contribution in [3.05, 3.63) is 24.3 Å². The summed E-state index contributed by atoms with van der Waals surface area (Å²) >= 11 is 0. The second-order valence-electron chi connectivity index (χ2n) is 5.03. The molecule has 0 saturated carbocycles. The Morgan fingerprint density at radius 2 is 1.95 bits per heavy atom. The Kier molecular flexibility index (Phi) is 5.16. The number of benzene rings is 1. The highest BCUT2D eigenvalue weighted by Crippen LogP contribution is 2.16. The van der Waals surface area contributed by atoms with Crippen LogP contribution in [0, 0.1) is 0 Å². The van der Waals surface area contributed by atoms with Crippen molar-refractivity contribution in [2.45, 2.75) is 0 Å². The van der Waals surface area contributed by atoms with E-state index in [1.165, 1.54) is 0 Å². The van der Waals surface area contributed by atoms with E-state index in [4.69, 9.17) is 0 Å². The molecule has 1 fully saturated rings. The number of sulfonamides is 1. The highest BCUT2D eigenvalue weighted by molar-refractivity contribution is 7.92. The molecule has 21 heavy (non-hydrogen) atoms. The molecule has 2 rings (SSSR count). The highest BCUT2D eigenvalue weighted by Gasteiger charge is 2.13. The van der Waals surface area contributed by atoms with Gasteiger partial charge in [0.25, 0.3) is 0 Å². The normalized spacial score (nSPS) is 16.4. The molecule has 0 spiro atoms. The molecule has 0 radical (unpaired) electrons. The zero-order valence-electron chi connectivity index (χ0n) is 11.9. The first-order valence-corrected chi connectivity index (χ1v) is 8.62. The second kappa shape index (κ2) is 6.88. The molecule has 1 aromatic carbocycles. The van der Waals surface area contributed by atoms with Crippen LogP contribution in [0.2, 0.25) is 0 Å². The zero-order chi connectivity index (χ0) is 15.3. The Morgan fingerprint density at radius 1 is 1.29 bits per heavy atom. The first kappa shape index (κ1) is 15.7. The zero-order valence-corrected chi connectivity index (χ0v) is 12.7. The molecule has 1 saturated heterocycles. The van der Waals surface area contributed by atoms with Crippen LogP contribution in [-0.4, -0.2) is 58.2 Å². The summed E-state index contributed by atoms with van der Waals surface area (Å²) in [4.78, 5) is 14.0. The third kappa shape index (κ3) is 5.70. The van der Waals surface area contributed by atoms with Gasteiger partial charge in [0.05, 0.1) is 18.5 Å². The van der Waals surface area contributed by atoms with Gasteiger partial charge in [0.1, 0.15) is 0 Å². The Hall–Kier alpha value is -1.64. The molecular formula is C13H20N4O3S. The predicted molar refractivity (Wildman–Crippen MR) is 82.8 cm³/mol. The summed E-state index contributed by atoms with van der Waals surface area (Å²) in [6.45, 7) is 3.82. The molecule has 0 bridgehead atoms. The average Bonchev–Trinajstić information content (AvgIpc) is 2.38. The van der Waals surface area contributed by atoms with Crippen molar-refractivity contribution in [1.29, 1.82) is 0 Å². The Labute approximate surface area is 124 Å². The van der Waals surface area contributed by atoms with Crippen molar-refractivity contribution in [2.24, 2.45) is 0 Å². The van der Waals surface area contributed by atoms with Gasteiger partial charge in [0.15, 0.2) is 0 Å². The van der Waals surface area contributed by atoms with E-state index < -0.39 is 10.0 Å². The molecule has 7 nitrogen and oxygen atoms in total. The maximum atomic E-state index is 12.0. The second-order valence-corrected chi connectivity index (χ2v) is 6.78. The summed E-state index contributed by atoms with van der Waals surface area (Å²) in [5, 5.41) is 6.01. The smallest absolute Gasteiger partial charge is 0.238 e. The van der Waals surface area contributed by atoms with Crippen molar-refractivity contribution in [3.63, 3.8) is 0 Å². The standard InChI is InChI=1S/C13H20N4O3S/c1-21(19,20)16-12-4-2-3-11(9-12)15-13(18)10-17-7-5-14-6-8-17/h2-4,9,14,16H,5-8,10H2,1H3,(H,15,18). The fraction of sp³-hybridized carbons (Fsp3) is 0.462. The van der Waals surface area contributed by atoms with Gasteiger partial charge in [-0.2, -0.15) is 0 Å². The quantitative estimate of drug-likeness (QED) is 0.706. The molecule has 0 aromatic heterocycles. The van der Waals surface area contributed by atoms with Crippen LogP contribution in [-0.2, 0) is 14.8 Å². The fourth-order valence-corrected chi connectivity index (χ4v) is 2.70. The van der Waals surface area contributed by atoms with E-state index in [-0.39, 0.29) is 5.91 Å². The Balaban J connectivity index is 1.92. The lowest BCUT2D eigenvalue weighted by Crippen LogP contribution is -2.46. The van der Waals surface area contributed by atoms with Crippen LogP contribution in [0.4, 0.5) is 11.4 Å². The lowest BCUT2D eigenvalue weighted by atomic mass is 10.3. The molecule has 0 aliphatic carbocycles. The van der Waals surface area contributed by atoms with E-state index in [2.05, 4.69) is 20.3 Å². The minimum Gasteiger partial charge on any atom is -0.325 e. The number of rotatable bonds is 5. The number of hydrogen-bond donors (Lipinski definition) is 3. The van der Waals surface area contributed by atoms with E-state index in [1.54, 1.807) is 24.3 Å².